The smallest absolute Gasteiger partial charge is 0.227 e. The van der Waals surface area contributed by atoms with Gasteiger partial charge in [0, 0.05) is 48.6 Å². The van der Waals surface area contributed by atoms with Crippen LogP contribution < -0.4 is 0 Å². The summed E-state index contributed by atoms with van der Waals surface area (Å²) in [6, 6.07) is 11.9. The lowest BCUT2D eigenvalue weighted by molar-refractivity contribution is -0.130. The summed E-state index contributed by atoms with van der Waals surface area (Å²) < 4.78 is 1.18. The second kappa shape index (κ2) is 8.38. The first-order chi connectivity index (χ1) is 13.2. The van der Waals surface area contributed by atoms with Gasteiger partial charge in [-0.1, -0.05) is 17.7 Å². The molecular weight excluding hydrogens is 378 g/mol. The number of amides is 1. The highest BCUT2D eigenvalue weighted by Gasteiger charge is 2.20. The van der Waals surface area contributed by atoms with Crippen LogP contribution in [0.1, 0.15) is 17.7 Å². The Labute approximate surface area is 168 Å². The Morgan fingerprint density at radius 2 is 2.07 bits per heavy atom. The van der Waals surface area contributed by atoms with Gasteiger partial charge in [-0.25, -0.2) is 0 Å². The molecular formula is C21H22ClN3OS. The number of aromatic nitrogens is 1. The number of benzene rings is 1. The first-order valence-corrected chi connectivity index (χ1v) is 10.5. The van der Waals surface area contributed by atoms with E-state index in [1.165, 1.54) is 4.70 Å². The Bertz CT molecular complexity index is 928. The van der Waals surface area contributed by atoms with Crippen LogP contribution in [0.25, 0.3) is 10.1 Å². The molecule has 0 N–H and O–H groups in total. The van der Waals surface area contributed by atoms with E-state index in [2.05, 4.69) is 21.3 Å². The van der Waals surface area contributed by atoms with Crippen molar-refractivity contribution in [3.8, 4) is 0 Å². The monoisotopic (exact) mass is 399 g/mol. The predicted octanol–water partition coefficient (Wildman–Crippen LogP) is 4.23. The molecule has 1 saturated heterocycles. The van der Waals surface area contributed by atoms with Gasteiger partial charge in [-0.15, -0.1) is 11.3 Å². The van der Waals surface area contributed by atoms with Crippen LogP contribution >= 0.6 is 22.9 Å². The third-order valence-corrected chi connectivity index (χ3v) is 6.26. The quantitative estimate of drug-likeness (QED) is 0.658. The number of halogens is 1. The van der Waals surface area contributed by atoms with Gasteiger partial charge in [-0.05, 0) is 53.1 Å². The Kier molecular flexibility index (Phi) is 5.72. The van der Waals surface area contributed by atoms with Crippen molar-refractivity contribution >= 4 is 38.9 Å². The average molecular weight is 400 g/mol. The van der Waals surface area contributed by atoms with E-state index in [4.69, 9.17) is 11.6 Å². The number of hydrogen-bond donors (Lipinski definition) is 0. The van der Waals surface area contributed by atoms with Crippen molar-refractivity contribution in [3.63, 3.8) is 0 Å². The average Bonchev–Trinajstić information content (AvgIpc) is 2.91. The summed E-state index contributed by atoms with van der Waals surface area (Å²) >= 11 is 7.81. The lowest BCUT2D eigenvalue weighted by atomic mass is 10.1. The fourth-order valence-electron chi connectivity index (χ4n) is 3.56. The molecule has 27 heavy (non-hydrogen) atoms. The molecule has 0 spiro atoms. The van der Waals surface area contributed by atoms with E-state index < -0.39 is 0 Å². The van der Waals surface area contributed by atoms with Crippen molar-refractivity contribution in [1.29, 1.82) is 0 Å². The van der Waals surface area contributed by atoms with Gasteiger partial charge in [0.25, 0.3) is 0 Å². The Morgan fingerprint density at radius 1 is 1.15 bits per heavy atom. The van der Waals surface area contributed by atoms with Crippen LogP contribution in [0.5, 0.6) is 0 Å². The van der Waals surface area contributed by atoms with Crippen molar-refractivity contribution < 1.29 is 4.79 Å². The third kappa shape index (κ3) is 4.49. The number of pyridine rings is 1. The highest BCUT2D eigenvalue weighted by Crippen LogP contribution is 2.29. The maximum absolute atomic E-state index is 12.9. The van der Waals surface area contributed by atoms with E-state index >= 15 is 0 Å². The SMILES string of the molecule is O=C(Cc1csc2ccc(Cl)cc12)N1CCCN(Cc2ccccn2)CC1. The van der Waals surface area contributed by atoms with E-state index in [9.17, 15) is 4.79 Å². The molecule has 2 aromatic heterocycles. The Morgan fingerprint density at radius 3 is 2.93 bits per heavy atom. The van der Waals surface area contributed by atoms with Gasteiger partial charge in [-0.3, -0.25) is 14.7 Å². The number of rotatable bonds is 4. The summed E-state index contributed by atoms with van der Waals surface area (Å²) in [5.41, 5.74) is 2.16. The topological polar surface area (TPSA) is 36.4 Å². The highest BCUT2D eigenvalue weighted by atomic mass is 35.5. The van der Waals surface area contributed by atoms with Gasteiger partial charge in [0.05, 0.1) is 12.1 Å². The number of fused-ring (bicyclic) bond motifs is 1. The minimum absolute atomic E-state index is 0.203. The minimum Gasteiger partial charge on any atom is -0.341 e. The van der Waals surface area contributed by atoms with Crippen LogP contribution in [0.15, 0.2) is 48.0 Å². The van der Waals surface area contributed by atoms with Crippen molar-refractivity contribution in [2.24, 2.45) is 0 Å². The third-order valence-electron chi connectivity index (χ3n) is 5.01. The zero-order chi connectivity index (χ0) is 18.6. The van der Waals surface area contributed by atoms with E-state index in [0.717, 1.165) is 60.8 Å². The van der Waals surface area contributed by atoms with Crippen molar-refractivity contribution in [1.82, 2.24) is 14.8 Å². The van der Waals surface area contributed by atoms with Gasteiger partial charge in [-0.2, -0.15) is 0 Å². The molecule has 140 valence electrons. The van der Waals surface area contributed by atoms with Crippen molar-refractivity contribution in [2.75, 3.05) is 26.2 Å². The predicted molar refractivity (Wildman–Crippen MR) is 111 cm³/mol. The summed E-state index contributed by atoms with van der Waals surface area (Å²) in [5, 5.41) is 3.91. The first-order valence-electron chi connectivity index (χ1n) is 9.25. The second-order valence-corrected chi connectivity index (χ2v) is 8.26. The normalized spacial score (nSPS) is 15.8. The lowest BCUT2D eigenvalue weighted by Gasteiger charge is -2.22. The fraction of sp³-hybridized carbons (Fsp3) is 0.333. The molecule has 0 unspecified atom stereocenters. The summed E-state index contributed by atoms with van der Waals surface area (Å²) in [6.07, 6.45) is 3.27. The summed E-state index contributed by atoms with van der Waals surface area (Å²) in [4.78, 5) is 21.7. The minimum atomic E-state index is 0.203. The van der Waals surface area contributed by atoms with Crippen LogP contribution in [0.2, 0.25) is 5.02 Å². The van der Waals surface area contributed by atoms with Crippen molar-refractivity contribution in [2.45, 2.75) is 19.4 Å². The maximum Gasteiger partial charge on any atom is 0.227 e. The van der Waals surface area contributed by atoms with Crippen LogP contribution in [0.4, 0.5) is 0 Å². The molecule has 0 atom stereocenters. The molecule has 3 aromatic rings. The zero-order valence-corrected chi connectivity index (χ0v) is 16.7. The van der Waals surface area contributed by atoms with Crippen molar-refractivity contribution in [3.05, 3.63) is 64.3 Å². The van der Waals surface area contributed by atoms with Gasteiger partial charge in [0.15, 0.2) is 0 Å². The summed E-state index contributed by atoms with van der Waals surface area (Å²) in [6.45, 7) is 4.32. The largest absolute Gasteiger partial charge is 0.341 e. The summed E-state index contributed by atoms with van der Waals surface area (Å²) in [5.74, 6) is 0.203. The Hall–Kier alpha value is -1.95. The van der Waals surface area contributed by atoms with E-state index in [1.54, 1.807) is 11.3 Å². The van der Waals surface area contributed by atoms with E-state index in [0.29, 0.717) is 6.42 Å². The number of hydrogen-bond acceptors (Lipinski definition) is 4. The molecule has 4 rings (SSSR count). The van der Waals surface area contributed by atoms with Gasteiger partial charge in [0.1, 0.15) is 0 Å². The standard InChI is InChI=1S/C21H22ClN3OS/c22-17-5-6-20-19(13-17)16(15-27-20)12-21(26)25-9-3-8-24(10-11-25)14-18-4-1-2-7-23-18/h1-2,4-7,13,15H,3,8-12,14H2. The second-order valence-electron chi connectivity index (χ2n) is 6.91. The molecule has 1 aromatic carbocycles. The van der Waals surface area contributed by atoms with E-state index in [1.807, 2.05) is 41.4 Å². The fourth-order valence-corrected chi connectivity index (χ4v) is 4.68. The molecule has 4 nitrogen and oxygen atoms in total. The van der Waals surface area contributed by atoms with Crippen LogP contribution in [0, 0.1) is 0 Å². The molecule has 0 radical (unpaired) electrons. The molecule has 1 aliphatic rings. The molecule has 1 aliphatic heterocycles. The van der Waals surface area contributed by atoms with Crippen LogP contribution in [-0.2, 0) is 17.8 Å². The zero-order valence-electron chi connectivity index (χ0n) is 15.1. The van der Waals surface area contributed by atoms with Crippen LogP contribution in [-0.4, -0.2) is 46.9 Å². The molecule has 3 heterocycles. The number of nitrogens with zero attached hydrogens (tertiary/aromatic N) is 3. The van der Waals surface area contributed by atoms with Crippen LogP contribution in [0.3, 0.4) is 0 Å². The number of carbonyl (C=O) groups is 1. The molecule has 0 bridgehead atoms. The maximum atomic E-state index is 12.9. The molecule has 0 aliphatic carbocycles. The first kappa shape index (κ1) is 18.4. The molecule has 1 fully saturated rings. The van der Waals surface area contributed by atoms with Gasteiger partial charge in [0.2, 0.25) is 5.91 Å². The molecule has 1 amide bonds. The van der Waals surface area contributed by atoms with Gasteiger partial charge < -0.3 is 4.90 Å². The number of thiophene rings is 1. The van der Waals surface area contributed by atoms with E-state index in [-0.39, 0.29) is 5.91 Å². The summed E-state index contributed by atoms with van der Waals surface area (Å²) in [7, 11) is 0. The highest BCUT2D eigenvalue weighted by molar-refractivity contribution is 7.17. The Balaban J connectivity index is 1.38. The molecule has 6 heteroatoms. The van der Waals surface area contributed by atoms with Gasteiger partial charge >= 0.3 is 0 Å². The molecule has 0 saturated carbocycles. The lowest BCUT2D eigenvalue weighted by Crippen LogP contribution is -2.36. The number of carbonyl (C=O) groups excluding carboxylic acids is 1.